The topological polar surface area (TPSA) is 144 Å². The van der Waals surface area contributed by atoms with Crippen LogP contribution in [0.4, 0.5) is 0 Å². The number of aliphatic hydroxyl groups is 2. The summed E-state index contributed by atoms with van der Waals surface area (Å²) in [5.74, 6) is 1.39. The number of methoxy groups -OCH3 is 1. The number of carbonyl (C=O) groups is 2. The lowest BCUT2D eigenvalue weighted by molar-refractivity contribution is -0.183. The first-order chi connectivity index (χ1) is 23.4. The summed E-state index contributed by atoms with van der Waals surface area (Å²) in [6.45, 7) is 8.59. The molecule has 10 nitrogen and oxygen atoms in total. The zero-order chi connectivity index (χ0) is 35.0. The Hall–Kier alpha value is -3.96. The first-order valence-corrected chi connectivity index (χ1v) is 17.2. The van der Waals surface area contributed by atoms with Crippen LogP contribution in [0.1, 0.15) is 62.0 Å². The van der Waals surface area contributed by atoms with Crippen LogP contribution >= 0.6 is 0 Å². The highest BCUT2D eigenvalue weighted by molar-refractivity contribution is 5.93. The molecule has 0 aromatic heterocycles. The van der Waals surface area contributed by atoms with Crippen LogP contribution in [0.25, 0.3) is 11.1 Å². The lowest BCUT2D eigenvalue weighted by Crippen LogP contribution is -2.62. The number of primary amides is 1. The summed E-state index contributed by atoms with van der Waals surface area (Å²) in [7, 11) is 1.62. The van der Waals surface area contributed by atoms with Crippen LogP contribution in [-0.4, -0.2) is 65.1 Å². The van der Waals surface area contributed by atoms with Crippen molar-refractivity contribution in [1.82, 2.24) is 10.4 Å². The van der Waals surface area contributed by atoms with Gasteiger partial charge in [0.25, 0.3) is 0 Å². The van der Waals surface area contributed by atoms with E-state index >= 15 is 0 Å². The van der Waals surface area contributed by atoms with Gasteiger partial charge in [0.2, 0.25) is 11.8 Å². The van der Waals surface area contributed by atoms with Crippen molar-refractivity contribution in [2.45, 2.75) is 78.0 Å². The lowest BCUT2D eigenvalue weighted by atomic mass is 9.45. The molecule has 1 saturated heterocycles. The second-order valence-corrected chi connectivity index (χ2v) is 14.6. The molecule has 3 aromatic carbocycles. The van der Waals surface area contributed by atoms with Crippen molar-refractivity contribution in [2.75, 3.05) is 13.7 Å². The molecule has 4 fully saturated rings. The molecule has 3 aromatic rings. The van der Waals surface area contributed by atoms with Crippen LogP contribution in [0, 0.1) is 29.1 Å². The van der Waals surface area contributed by atoms with Crippen molar-refractivity contribution in [3.63, 3.8) is 0 Å². The van der Waals surface area contributed by atoms with Gasteiger partial charge >= 0.3 is 0 Å². The Labute approximate surface area is 288 Å². The van der Waals surface area contributed by atoms with Crippen molar-refractivity contribution in [3.8, 4) is 22.6 Å². The van der Waals surface area contributed by atoms with Crippen LogP contribution < -0.4 is 20.5 Å². The van der Waals surface area contributed by atoms with E-state index in [4.69, 9.17) is 20.0 Å². The summed E-state index contributed by atoms with van der Waals surface area (Å²) in [4.78, 5) is 32.3. The van der Waals surface area contributed by atoms with Gasteiger partial charge in [-0.1, -0.05) is 63.2 Å². The molecule has 5 N–H and O–H groups in total. The predicted octanol–water partition coefficient (Wildman–Crippen LogP) is 4.70. The van der Waals surface area contributed by atoms with E-state index in [0.29, 0.717) is 29.1 Å². The zero-order valence-corrected chi connectivity index (χ0v) is 29.0. The largest absolute Gasteiger partial charge is 0.497 e. The van der Waals surface area contributed by atoms with E-state index in [1.54, 1.807) is 31.2 Å². The molecule has 7 rings (SSSR count). The summed E-state index contributed by atoms with van der Waals surface area (Å²) < 4.78 is 11.9. The maximum atomic E-state index is 14.2. The van der Waals surface area contributed by atoms with Gasteiger partial charge in [-0.25, -0.2) is 0 Å². The fraction of sp³-hybridized carbons (Fsp3) is 0.487. The number of hydroxylamine groups is 2. The van der Waals surface area contributed by atoms with Gasteiger partial charge < -0.3 is 30.7 Å². The molecule has 3 saturated carbocycles. The van der Waals surface area contributed by atoms with E-state index in [-0.39, 0.29) is 37.1 Å². The third-order valence-corrected chi connectivity index (χ3v) is 11.5. The minimum Gasteiger partial charge on any atom is -0.497 e. The summed E-state index contributed by atoms with van der Waals surface area (Å²) in [5.41, 5.74) is 9.45. The van der Waals surface area contributed by atoms with Gasteiger partial charge in [-0.15, -0.1) is 0 Å². The van der Waals surface area contributed by atoms with Crippen LogP contribution in [0.3, 0.4) is 0 Å². The Bertz CT molecular complexity index is 1640. The molecule has 8 atom stereocenters. The van der Waals surface area contributed by atoms with Gasteiger partial charge in [0.1, 0.15) is 30.3 Å². The van der Waals surface area contributed by atoms with Crippen molar-refractivity contribution in [2.24, 2.45) is 34.8 Å². The molecule has 1 aliphatic heterocycles. The van der Waals surface area contributed by atoms with Gasteiger partial charge in [-0.2, -0.15) is 5.06 Å². The number of fused-ring (bicyclic) bond motifs is 2. The first kappa shape index (κ1) is 34.9. The lowest BCUT2D eigenvalue weighted by Gasteiger charge is -2.62. The second kappa shape index (κ2) is 14.1. The molecule has 49 heavy (non-hydrogen) atoms. The normalized spacial score (nSPS) is 27.9. The summed E-state index contributed by atoms with van der Waals surface area (Å²) in [6, 6.07) is 19.6. The van der Waals surface area contributed by atoms with Crippen LogP contribution in [-0.2, 0) is 22.8 Å². The average Bonchev–Trinajstić information content (AvgIpc) is 3.47. The standard InChI is InChI=1S/C39H49N3O7/c1-22-31-17-28(39(31,3)4)18-32(22)41-38(46)35-34(23(2)44)33(20-43)49-42(35)19-27-7-6-8-30(25-11-13-26(14-12-25)37(40)45)36(27)48-21-24-9-15-29(47-5)16-10-24/h6-16,22-23,28,31-35,43-44H,17-21H2,1-5H3,(H2,40,45)(H,41,46)/t22-,23-,28+,31-,32-,33-,34+,35-/m0/s1. The SMILES string of the molecule is COc1ccc(COc2c(CN3O[C@@H](CO)[C@@H]([C@H](C)O)[C@H]3C(=O)N[C@H]3C[C@H]4C[C@@H]([C@@H]3C)C4(C)C)cccc2-c2ccc(C(N)=O)cc2)cc1. The summed E-state index contributed by atoms with van der Waals surface area (Å²) in [6.07, 6.45) is 0.449. The first-order valence-electron chi connectivity index (χ1n) is 17.2. The average molecular weight is 672 g/mol. The highest BCUT2D eigenvalue weighted by Gasteiger charge is 2.57. The number of ether oxygens (including phenoxy) is 2. The van der Waals surface area contributed by atoms with Gasteiger partial charge in [0.05, 0.1) is 26.4 Å². The minimum atomic E-state index is -0.907. The van der Waals surface area contributed by atoms with Crippen molar-refractivity contribution < 1.29 is 34.1 Å². The molecule has 262 valence electrons. The fourth-order valence-corrected chi connectivity index (χ4v) is 8.45. The Morgan fingerprint density at radius 2 is 1.80 bits per heavy atom. The monoisotopic (exact) mass is 671 g/mol. The molecule has 0 radical (unpaired) electrons. The molecule has 0 unspecified atom stereocenters. The van der Waals surface area contributed by atoms with E-state index in [1.165, 1.54) is 6.42 Å². The number of nitrogens with zero attached hydrogens (tertiary/aromatic N) is 1. The number of nitrogens with one attached hydrogen (secondary N) is 1. The molecule has 3 aliphatic carbocycles. The Balaban J connectivity index is 1.31. The van der Waals surface area contributed by atoms with Gasteiger partial charge in [0, 0.05) is 28.7 Å². The summed E-state index contributed by atoms with van der Waals surface area (Å²) in [5, 5.41) is 26.2. The van der Waals surface area contributed by atoms with E-state index < -0.39 is 30.1 Å². The second-order valence-electron chi connectivity index (χ2n) is 14.6. The third kappa shape index (κ3) is 6.79. The molecule has 1 heterocycles. The van der Waals surface area contributed by atoms with E-state index in [2.05, 4.69) is 26.1 Å². The molecule has 2 bridgehead atoms. The zero-order valence-electron chi connectivity index (χ0n) is 29.0. The fourth-order valence-electron chi connectivity index (χ4n) is 8.45. The Morgan fingerprint density at radius 3 is 2.39 bits per heavy atom. The number of nitrogens with two attached hydrogens (primary N) is 1. The molecule has 4 aliphatic rings. The highest BCUT2D eigenvalue weighted by Crippen LogP contribution is 2.61. The third-order valence-electron chi connectivity index (χ3n) is 11.5. The number of amides is 2. The maximum Gasteiger partial charge on any atom is 0.248 e. The molecular formula is C39H49N3O7. The molecule has 2 amide bonds. The van der Waals surface area contributed by atoms with Crippen molar-refractivity contribution in [3.05, 3.63) is 83.4 Å². The smallest absolute Gasteiger partial charge is 0.248 e. The molecule has 0 spiro atoms. The number of benzene rings is 3. The number of carbonyl (C=O) groups excluding carboxylic acids is 2. The van der Waals surface area contributed by atoms with Crippen LogP contribution in [0.2, 0.25) is 0 Å². The number of aliphatic hydroxyl groups excluding tert-OH is 2. The van der Waals surface area contributed by atoms with Crippen molar-refractivity contribution in [1.29, 1.82) is 0 Å². The molecular weight excluding hydrogens is 622 g/mol. The predicted molar refractivity (Wildman–Crippen MR) is 185 cm³/mol. The summed E-state index contributed by atoms with van der Waals surface area (Å²) >= 11 is 0. The number of para-hydroxylation sites is 1. The van der Waals surface area contributed by atoms with Gasteiger partial charge in [-0.3, -0.25) is 14.4 Å². The number of hydrogen-bond acceptors (Lipinski definition) is 8. The maximum absolute atomic E-state index is 14.2. The number of hydrogen-bond donors (Lipinski definition) is 4. The molecule has 10 heteroatoms. The van der Waals surface area contributed by atoms with E-state index in [1.807, 2.05) is 54.6 Å². The van der Waals surface area contributed by atoms with E-state index in [0.717, 1.165) is 34.4 Å². The van der Waals surface area contributed by atoms with Crippen molar-refractivity contribution >= 4 is 11.8 Å². The Morgan fingerprint density at radius 1 is 1.08 bits per heavy atom. The highest BCUT2D eigenvalue weighted by atomic mass is 16.7. The number of rotatable bonds is 12. The van der Waals surface area contributed by atoms with Gasteiger partial charge in [-0.05, 0) is 78.3 Å². The Kier molecular flexibility index (Phi) is 10.0. The van der Waals surface area contributed by atoms with E-state index in [9.17, 15) is 19.8 Å². The van der Waals surface area contributed by atoms with Crippen LogP contribution in [0.5, 0.6) is 11.5 Å². The minimum absolute atomic E-state index is 0.0315. The quantitative estimate of drug-likeness (QED) is 0.217. The van der Waals surface area contributed by atoms with Crippen LogP contribution in [0.15, 0.2) is 66.7 Å². The van der Waals surface area contributed by atoms with Gasteiger partial charge in [0.15, 0.2) is 0 Å².